The van der Waals surface area contributed by atoms with Gasteiger partial charge in [-0.3, -0.25) is 14.3 Å². The van der Waals surface area contributed by atoms with E-state index < -0.39 is 29.3 Å². The zero-order valence-electron chi connectivity index (χ0n) is 23.6. The maximum Gasteiger partial charge on any atom is 0.408 e. The van der Waals surface area contributed by atoms with Crippen molar-refractivity contribution >= 4 is 46.0 Å². The molecule has 0 bridgehead atoms. The Morgan fingerprint density at radius 3 is 2.48 bits per heavy atom. The summed E-state index contributed by atoms with van der Waals surface area (Å²) < 4.78 is 6.79. The Morgan fingerprint density at radius 1 is 1.07 bits per heavy atom. The molecule has 0 saturated carbocycles. The van der Waals surface area contributed by atoms with Gasteiger partial charge in [-0.1, -0.05) is 35.9 Å². The minimum atomic E-state index is -1.17. The molecule has 0 saturated heterocycles. The van der Waals surface area contributed by atoms with E-state index >= 15 is 0 Å². The van der Waals surface area contributed by atoms with Crippen LogP contribution in [0.2, 0.25) is 5.02 Å². The number of urea groups is 1. The molecule has 4 rings (SSSR count). The zero-order valence-corrected chi connectivity index (χ0v) is 24.3. The van der Waals surface area contributed by atoms with Crippen LogP contribution in [0.3, 0.4) is 0 Å². The van der Waals surface area contributed by atoms with Gasteiger partial charge >= 0.3 is 12.1 Å². The van der Waals surface area contributed by atoms with Crippen molar-refractivity contribution in [2.24, 2.45) is 0 Å². The Bertz CT molecular complexity index is 1680. The second kappa shape index (κ2) is 12.5. The fourth-order valence-corrected chi connectivity index (χ4v) is 4.99. The third kappa shape index (κ3) is 6.48. The number of hydrogen-bond donors (Lipinski definition) is 4. The van der Waals surface area contributed by atoms with Crippen molar-refractivity contribution in [3.8, 4) is 11.4 Å². The Hall–Kier alpha value is -4.61. The average molecular weight is 594 g/mol. The number of ether oxygens (including phenoxy) is 1. The van der Waals surface area contributed by atoms with Crippen molar-refractivity contribution in [1.82, 2.24) is 14.5 Å². The maximum atomic E-state index is 14.0. The summed E-state index contributed by atoms with van der Waals surface area (Å²) in [6.45, 7) is 6.83. The third-order valence-corrected chi connectivity index (χ3v) is 6.72. The molecule has 0 radical (unpaired) electrons. The highest BCUT2D eigenvalue weighted by molar-refractivity contribution is 6.35. The molecule has 3 aromatic carbocycles. The summed E-state index contributed by atoms with van der Waals surface area (Å²) in [5.74, 6) is 0.574. The number of nitrogens with zero attached hydrogens (tertiary/aromatic N) is 3. The van der Waals surface area contributed by atoms with Gasteiger partial charge in [0.2, 0.25) is 0 Å². The summed E-state index contributed by atoms with van der Waals surface area (Å²) in [6.07, 6.45) is -1.17. The van der Waals surface area contributed by atoms with Crippen LogP contribution in [-0.4, -0.2) is 55.5 Å². The number of rotatable bonds is 8. The first-order valence-corrected chi connectivity index (χ1v) is 13.5. The van der Waals surface area contributed by atoms with E-state index in [1.807, 2.05) is 0 Å². The van der Waals surface area contributed by atoms with Gasteiger partial charge in [0, 0.05) is 11.2 Å². The van der Waals surface area contributed by atoms with Crippen molar-refractivity contribution in [2.45, 2.75) is 39.3 Å². The van der Waals surface area contributed by atoms with Crippen LogP contribution in [0.5, 0.6) is 5.75 Å². The second-order valence-electron chi connectivity index (χ2n) is 10.4. The zero-order chi connectivity index (χ0) is 30.6. The molecular weight excluding hydrogens is 562 g/mol. The Labute approximate surface area is 247 Å². The number of aliphatic hydroxyl groups excluding tert-OH is 1. The monoisotopic (exact) mass is 593 g/mol. The second-order valence-corrected chi connectivity index (χ2v) is 10.8. The number of aromatic nitrogens is 2. The van der Waals surface area contributed by atoms with Crippen LogP contribution in [0.15, 0.2) is 71.5 Å². The van der Waals surface area contributed by atoms with E-state index in [1.165, 1.54) is 9.47 Å². The Kier molecular flexibility index (Phi) is 9.03. The summed E-state index contributed by atoms with van der Waals surface area (Å²) >= 11 is 6.41. The number of anilines is 2. The van der Waals surface area contributed by atoms with Crippen molar-refractivity contribution in [3.63, 3.8) is 0 Å². The first kappa shape index (κ1) is 30.4. The van der Waals surface area contributed by atoms with E-state index in [4.69, 9.17) is 26.4 Å². The van der Waals surface area contributed by atoms with Gasteiger partial charge < -0.3 is 25.6 Å². The molecule has 3 amide bonds. The van der Waals surface area contributed by atoms with Crippen LogP contribution >= 0.6 is 11.6 Å². The number of amides is 3. The van der Waals surface area contributed by atoms with Gasteiger partial charge in [-0.15, -0.1) is 0 Å². The number of carboxylic acid groups (broad SMARTS) is 1. The van der Waals surface area contributed by atoms with E-state index in [2.05, 4.69) is 10.6 Å². The first-order chi connectivity index (χ1) is 19.9. The lowest BCUT2D eigenvalue weighted by molar-refractivity contribution is 0.0719. The highest BCUT2D eigenvalue weighted by Crippen LogP contribution is 2.31. The molecule has 4 N–H and O–H groups in total. The van der Waals surface area contributed by atoms with Crippen molar-refractivity contribution in [1.29, 1.82) is 0 Å². The van der Waals surface area contributed by atoms with E-state index in [9.17, 15) is 19.5 Å². The SMILES string of the molecule is CC(c1nc2cccc(Cl)c2c(=O)n1-c1cccc(NC(=O)Nc2ccccc2OCCO)c1)N(C(=O)O)C(C)(C)C. The smallest absolute Gasteiger partial charge is 0.408 e. The largest absolute Gasteiger partial charge is 0.489 e. The summed E-state index contributed by atoms with van der Waals surface area (Å²) in [5, 5.41) is 25.0. The Morgan fingerprint density at radius 2 is 1.79 bits per heavy atom. The quantitative estimate of drug-likeness (QED) is 0.199. The number of hydrogen-bond acceptors (Lipinski definition) is 6. The van der Waals surface area contributed by atoms with E-state index in [0.29, 0.717) is 28.3 Å². The minimum absolute atomic E-state index is 0.0657. The summed E-state index contributed by atoms with van der Waals surface area (Å²) in [7, 11) is 0. The van der Waals surface area contributed by atoms with Gasteiger partial charge in [0.15, 0.2) is 0 Å². The Balaban J connectivity index is 1.77. The maximum absolute atomic E-state index is 14.0. The van der Waals surface area contributed by atoms with Crippen LogP contribution in [0.25, 0.3) is 16.6 Å². The molecule has 0 aliphatic heterocycles. The van der Waals surface area contributed by atoms with E-state index in [-0.39, 0.29) is 29.4 Å². The molecule has 4 aromatic rings. The highest BCUT2D eigenvalue weighted by Gasteiger charge is 2.34. The molecule has 220 valence electrons. The summed E-state index contributed by atoms with van der Waals surface area (Å²) in [6, 6.07) is 16.8. The standard InChI is InChI=1S/C30H32ClN5O6/c1-18(36(29(40)41)30(2,3)4)26-33-23-13-8-11-21(31)25(23)27(38)35(26)20-10-7-9-19(17-20)32-28(39)34-22-12-5-6-14-24(22)42-16-15-37/h5-14,17-18,37H,15-16H2,1-4H3,(H,40,41)(H2,32,34,39). The lowest BCUT2D eigenvalue weighted by Crippen LogP contribution is -2.47. The molecule has 1 atom stereocenters. The van der Waals surface area contributed by atoms with Crippen LogP contribution in [-0.2, 0) is 0 Å². The van der Waals surface area contributed by atoms with Crippen LogP contribution in [0.1, 0.15) is 39.6 Å². The molecule has 12 heteroatoms. The topological polar surface area (TPSA) is 146 Å². The summed E-state index contributed by atoms with van der Waals surface area (Å²) in [4.78, 5) is 45.1. The molecule has 0 spiro atoms. The summed E-state index contributed by atoms with van der Waals surface area (Å²) in [5.41, 5.74) is 0.143. The lowest BCUT2D eigenvalue weighted by atomic mass is 10.0. The van der Waals surface area contributed by atoms with Crippen LogP contribution < -0.4 is 20.9 Å². The first-order valence-electron chi connectivity index (χ1n) is 13.2. The predicted octanol–water partition coefficient (Wildman–Crippen LogP) is 5.89. The molecule has 1 aromatic heterocycles. The van der Waals surface area contributed by atoms with Crippen LogP contribution in [0.4, 0.5) is 21.0 Å². The van der Waals surface area contributed by atoms with Gasteiger partial charge in [0.05, 0.1) is 39.9 Å². The number of halogens is 1. The number of fused-ring (bicyclic) bond motifs is 1. The van der Waals surface area contributed by atoms with E-state index in [1.54, 1.807) is 94.4 Å². The molecule has 11 nitrogen and oxygen atoms in total. The van der Waals surface area contributed by atoms with Crippen molar-refractivity contribution in [2.75, 3.05) is 23.8 Å². The lowest BCUT2D eigenvalue weighted by Gasteiger charge is -2.38. The van der Waals surface area contributed by atoms with Gasteiger partial charge in [0.1, 0.15) is 18.2 Å². The van der Waals surface area contributed by atoms with Crippen LogP contribution in [0, 0.1) is 0 Å². The van der Waals surface area contributed by atoms with Gasteiger partial charge in [-0.05, 0) is 70.2 Å². The molecule has 1 unspecified atom stereocenters. The minimum Gasteiger partial charge on any atom is -0.489 e. The number of aliphatic hydroxyl groups is 1. The molecule has 1 heterocycles. The normalized spacial score (nSPS) is 12.0. The molecule has 42 heavy (non-hydrogen) atoms. The fraction of sp³-hybridized carbons (Fsp3) is 0.267. The number of para-hydroxylation sites is 2. The molecular formula is C30H32ClN5O6. The van der Waals surface area contributed by atoms with Gasteiger partial charge in [0.25, 0.3) is 5.56 Å². The number of nitrogens with one attached hydrogen (secondary N) is 2. The van der Waals surface area contributed by atoms with Gasteiger partial charge in [-0.25, -0.2) is 14.6 Å². The number of carbonyl (C=O) groups excluding carboxylic acids is 1. The predicted molar refractivity (Wildman–Crippen MR) is 162 cm³/mol. The van der Waals surface area contributed by atoms with Crippen molar-refractivity contribution < 1.29 is 24.5 Å². The average Bonchev–Trinajstić information content (AvgIpc) is 2.91. The molecule has 0 fully saturated rings. The molecule has 0 aliphatic rings. The fourth-order valence-electron chi connectivity index (χ4n) is 4.74. The third-order valence-electron chi connectivity index (χ3n) is 6.41. The number of benzene rings is 3. The number of carbonyl (C=O) groups is 2. The van der Waals surface area contributed by atoms with Crippen molar-refractivity contribution in [3.05, 3.63) is 87.9 Å². The molecule has 0 aliphatic carbocycles. The van der Waals surface area contributed by atoms with E-state index in [0.717, 1.165) is 0 Å². The highest BCUT2D eigenvalue weighted by atomic mass is 35.5. The van der Waals surface area contributed by atoms with Gasteiger partial charge in [-0.2, -0.15) is 0 Å².